The predicted molar refractivity (Wildman–Crippen MR) is 128 cm³/mol. The highest BCUT2D eigenvalue weighted by molar-refractivity contribution is 9.10. The third-order valence-corrected chi connectivity index (χ3v) is 5.84. The third kappa shape index (κ3) is 5.45. The Bertz CT molecular complexity index is 1270. The summed E-state index contributed by atoms with van der Waals surface area (Å²) in [5.41, 5.74) is 1.13. The SMILES string of the molecule is O=C(Nc1nn(Cc2ccccc2Cl)cc1Br)c1ccn(COc2ccc(Cl)cc2Cl)n1. The van der Waals surface area contributed by atoms with Gasteiger partial charge < -0.3 is 10.1 Å². The number of halogens is 4. The van der Waals surface area contributed by atoms with Crippen LogP contribution in [0.1, 0.15) is 16.1 Å². The van der Waals surface area contributed by atoms with Crippen LogP contribution in [0.2, 0.25) is 15.1 Å². The molecule has 164 valence electrons. The molecule has 0 aliphatic rings. The molecule has 0 fully saturated rings. The van der Waals surface area contributed by atoms with Crippen LogP contribution >= 0.6 is 50.7 Å². The van der Waals surface area contributed by atoms with Crippen LogP contribution in [0.25, 0.3) is 0 Å². The second-order valence-corrected chi connectivity index (χ2v) is 8.76. The van der Waals surface area contributed by atoms with Gasteiger partial charge in [0.2, 0.25) is 0 Å². The molecular formula is C21H15BrCl3N5O2. The van der Waals surface area contributed by atoms with Crippen LogP contribution < -0.4 is 10.1 Å². The first-order valence-corrected chi connectivity index (χ1v) is 11.2. The average Bonchev–Trinajstić information content (AvgIpc) is 3.36. The number of aromatic nitrogens is 4. The van der Waals surface area contributed by atoms with Gasteiger partial charge in [-0.2, -0.15) is 10.2 Å². The third-order valence-electron chi connectivity index (χ3n) is 4.36. The van der Waals surface area contributed by atoms with Gasteiger partial charge in [-0.3, -0.25) is 9.48 Å². The minimum Gasteiger partial charge on any atom is -0.470 e. The van der Waals surface area contributed by atoms with Crippen LogP contribution in [0.3, 0.4) is 0 Å². The number of benzene rings is 2. The zero-order valence-corrected chi connectivity index (χ0v) is 20.2. The van der Waals surface area contributed by atoms with Gasteiger partial charge in [0, 0.05) is 22.4 Å². The number of ether oxygens (including phenoxy) is 1. The molecule has 0 saturated carbocycles. The first-order chi connectivity index (χ1) is 15.4. The fourth-order valence-electron chi connectivity index (χ4n) is 2.82. The Morgan fingerprint density at radius 3 is 2.62 bits per heavy atom. The molecule has 4 aromatic rings. The number of nitrogens with one attached hydrogen (secondary N) is 1. The lowest BCUT2D eigenvalue weighted by Crippen LogP contribution is -2.15. The quantitative estimate of drug-likeness (QED) is 0.297. The van der Waals surface area contributed by atoms with Crippen molar-refractivity contribution in [1.82, 2.24) is 19.6 Å². The van der Waals surface area contributed by atoms with E-state index in [1.807, 2.05) is 24.3 Å². The van der Waals surface area contributed by atoms with Crippen molar-refractivity contribution >= 4 is 62.5 Å². The Morgan fingerprint density at radius 2 is 1.84 bits per heavy atom. The highest BCUT2D eigenvalue weighted by atomic mass is 79.9. The van der Waals surface area contributed by atoms with Crippen molar-refractivity contribution in [3.63, 3.8) is 0 Å². The molecule has 0 spiro atoms. The molecule has 2 aromatic heterocycles. The topological polar surface area (TPSA) is 74.0 Å². The van der Waals surface area contributed by atoms with Crippen molar-refractivity contribution in [3.8, 4) is 5.75 Å². The second kappa shape index (κ2) is 9.95. The normalized spacial score (nSPS) is 10.9. The fourth-order valence-corrected chi connectivity index (χ4v) is 3.89. The summed E-state index contributed by atoms with van der Waals surface area (Å²) in [6.45, 7) is 0.540. The van der Waals surface area contributed by atoms with E-state index in [4.69, 9.17) is 39.5 Å². The lowest BCUT2D eigenvalue weighted by Gasteiger charge is -2.08. The van der Waals surface area contributed by atoms with Crippen LogP contribution in [0.15, 0.2) is 65.4 Å². The molecule has 2 heterocycles. The zero-order chi connectivity index (χ0) is 22.7. The Labute approximate surface area is 207 Å². The second-order valence-electron chi connectivity index (χ2n) is 6.66. The number of carbonyl (C=O) groups is 1. The van der Waals surface area contributed by atoms with Gasteiger partial charge in [0.05, 0.1) is 16.0 Å². The lowest BCUT2D eigenvalue weighted by molar-refractivity contribution is 0.101. The number of rotatable bonds is 7. The van der Waals surface area contributed by atoms with Gasteiger partial charge in [-0.15, -0.1) is 0 Å². The number of carbonyl (C=O) groups excluding carboxylic acids is 1. The smallest absolute Gasteiger partial charge is 0.277 e. The van der Waals surface area contributed by atoms with Gasteiger partial charge in [0.15, 0.2) is 18.2 Å². The number of hydrogen-bond acceptors (Lipinski definition) is 4. The van der Waals surface area contributed by atoms with Crippen LogP contribution in [-0.2, 0) is 13.3 Å². The van der Waals surface area contributed by atoms with Crippen molar-refractivity contribution < 1.29 is 9.53 Å². The highest BCUT2D eigenvalue weighted by Gasteiger charge is 2.15. The minimum absolute atomic E-state index is 0.0742. The molecule has 0 saturated heterocycles. The molecule has 7 nitrogen and oxygen atoms in total. The number of anilines is 1. The number of hydrogen-bond donors (Lipinski definition) is 1. The van der Waals surface area contributed by atoms with E-state index in [0.717, 1.165) is 5.56 Å². The van der Waals surface area contributed by atoms with E-state index < -0.39 is 5.91 Å². The van der Waals surface area contributed by atoms with Gasteiger partial charge in [0.25, 0.3) is 5.91 Å². The summed E-state index contributed by atoms with van der Waals surface area (Å²) in [6.07, 6.45) is 3.39. The maximum Gasteiger partial charge on any atom is 0.277 e. The van der Waals surface area contributed by atoms with Crippen molar-refractivity contribution in [2.24, 2.45) is 0 Å². The number of amides is 1. The molecule has 11 heteroatoms. The van der Waals surface area contributed by atoms with E-state index in [0.29, 0.717) is 37.7 Å². The fraction of sp³-hybridized carbons (Fsp3) is 0.0952. The Kier molecular flexibility index (Phi) is 7.05. The summed E-state index contributed by atoms with van der Waals surface area (Å²) < 4.78 is 9.42. The maximum absolute atomic E-state index is 12.6. The molecule has 0 aliphatic heterocycles. The largest absolute Gasteiger partial charge is 0.470 e. The predicted octanol–water partition coefficient (Wildman–Crippen LogP) is 6.14. The molecule has 0 atom stereocenters. The molecule has 1 N–H and O–H groups in total. The van der Waals surface area contributed by atoms with Gasteiger partial charge in [0.1, 0.15) is 5.75 Å². The summed E-state index contributed by atoms with van der Waals surface area (Å²) in [5.74, 6) is 0.434. The van der Waals surface area contributed by atoms with Crippen molar-refractivity contribution in [1.29, 1.82) is 0 Å². The van der Waals surface area contributed by atoms with Gasteiger partial charge in [-0.05, 0) is 51.8 Å². The van der Waals surface area contributed by atoms with Gasteiger partial charge >= 0.3 is 0 Å². The molecule has 0 aliphatic carbocycles. The van der Waals surface area contributed by atoms with Gasteiger partial charge in [-0.1, -0.05) is 53.0 Å². The summed E-state index contributed by atoms with van der Waals surface area (Å²) in [5, 5.41) is 12.9. The van der Waals surface area contributed by atoms with Crippen molar-refractivity contribution in [2.45, 2.75) is 13.3 Å². The summed E-state index contributed by atoms with van der Waals surface area (Å²) in [7, 11) is 0. The monoisotopic (exact) mass is 553 g/mol. The molecule has 1 amide bonds. The summed E-state index contributed by atoms with van der Waals surface area (Å²) >= 11 is 21.6. The molecule has 2 aromatic carbocycles. The van der Waals surface area contributed by atoms with Crippen LogP contribution in [-0.4, -0.2) is 25.5 Å². The summed E-state index contributed by atoms with van der Waals surface area (Å²) in [6, 6.07) is 14.0. The molecular weight excluding hydrogens is 541 g/mol. The maximum atomic E-state index is 12.6. The molecule has 0 radical (unpaired) electrons. The first-order valence-electron chi connectivity index (χ1n) is 9.28. The van der Waals surface area contributed by atoms with Crippen molar-refractivity contribution in [3.05, 3.63) is 91.7 Å². The Balaban J connectivity index is 1.39. The van der Waals surface area contributed by atoms with E-state index in [1.54, 1.807) is 41.3 Å². The van der Waals surface area contributed by atoms with Crippen LogP contribution in [0.4, 0.5) is 5.82 Å². The van der Waals surface area contributed by atoms with E-state index >= 15 is 0 Å². The lowest BCUT2D eigenvalue weighted by atomic mass is 10.2. The summed E-state index contributed by atoms with van der Waals surface area (Å²) in [4.78, 5) is 12.6. The zero-order valence-electron chi connectivity index (χ0n) is 16.3. The van der Waals surface area contributed by atoms with E-state index in [2.05, 4.69) is 31.4 Å². The van der Waals surface area contributed by atoms with E-state index in [9.17, 15) is 4.79 Å². The Hall–Kier alpha value is -2.52. The van der Waals surface area contributed by atoms with E-state index in [1.165, 1.54) is 4.68 Å². The highest BCUT2D eigenvalue weighted by Crippen LogP contribution is 2.28. The van der Waals surface area contributed by atoms with Gasteiger partial charge in [-0.25, -0.2) is 4.68 Å². The van der Waals surface area contributed by atoms with E-state index in [-0.39, 0.29) is 12.4 Å². The van der Waals surface area contributed by atoms with Crippen molar-refractivity contribution in [2.75, 3.05) is 5.32 Å². The standard InChI is InChI=1S/C21H15BrCl3N5O2/c22-15-11-30(10-13-3-1-2-4-16(13)24)28-20(15)26-21(31)18-7-8-29(27-18)12-32-19-6-5-14(23)9-17(19)25/h1-9,11H,10,12H2,(H,26,28,31). The molecule has 4 rings (SSSR count). The molecule has 0 bridgehead atoms. The first kappa shape index (κ1) is 22.7. The van der Waals surface area contributed by atoms with Crippen LogP contribution in [0.5, 0.6) is 5.75 Å². The average molecular weight is 556 g/mol. The van der Waals surface area contributed by atoms with Crippen LogP contribution in [0, 0.1) is 0 Å². The minimum atomic E-state index is -0.406. The Morgan fingerprint density at radius 1 is 1.03 bits per heavy atom. The molecule has 0 unspecified atom stereocenters. The molecule has 32 heavy (non-hydrogen) atoms. The number of nitrogens with zero attached hydrogens (tertiary/aromatic N) is 4.